The molecule has 0 spiro atoms. The van der Waals surface area contributed by atoms with Crippen molar-refractivity contribution in [2.45, 2.75) is 111 Å². The highest BCUT2D eigenvalue weighted by Crippen LogP contribution is 2.24. The largest absolute Gasteiger partial charge is 0.335 e. The van der Waals surface area contributed by atoms with Crippen LogP contribution in [0.2, 0.25) is 0 Å². The Bertz CT molecular complexity index is 376. The van der Waals surface area contributed by atoms with Crippen LogP contribution in [0.5, 0.6) is 0 Å². The highest BCUT2D eigenvalue weighted by Gasteiger charge is 2.13. The molecule has 1 aliphatic heterocycles. The van der Waals surface area contributed by atoms with Gasteiger partial charge in [0.25, 0.3) is 0 Å². The molecule has 0 N–H and O–H groups in total. The van der Waals surface area contributed by atoms with Crippen molar-refractivity contribution in [3.63, 3.8) is 0 Å². The van der Waals surface area contributed by atoms with Crippen LogP contribution in [0, 0.1) is 11.8 Å². The molecule has 0 aromatic carbocycles. The Morgan fingerprint density at radius 2 is 1.31 bits per heavy atom. The van der Waals surface area contributed by atoms with Crippen LogP contribution in [0.4, 0.5) is 0 Å². The molecule has 0 saturated heterocycles. The van der Waals surface area contributed by atoms with Crippen LogP contribution in [0.3, 0.4) is 0 Å². The summed E-state index contributed by atoms with van der Waals surface area (Å²) in [5.41, 5.74) is 0. The topological polar surface area (TPSA) is 20.3 Å². The van der Waals surface area contributed by atoms with Crippen LogP contribution in [-0.2, 0) is 4.79 Å². The zero-order chi connectivity index (χ0) is 19.0. The Labute approximate surface area is 163 Å². The summed E-state index contributed by atoms with van der Waals surface area (Å²) >= 11 is 0. The van der Waals surface area contributed by atoms with Gasteiger partial charge in [0, 0.05) is 19.2 Å². The van der Waals surface area contributed by atoms with Crippen LogP contribution in [-0.4, -0.2) is 23.9 Å². The predicted molar refractivity (Wildman–Crippen MR) is 114 cm³/mol. The van der Waals surface area contributed by atoms with E-state index in [4.69, 9.17) is 0 Å². The van der Waals surface area contributed by atoms with E-state index in [9.17, 15) is 4.79 Å². The van der Waals surface area contributed by atoms with E-state index in [0.29, 0.717) is 0 Å². The number of carbonyl (C=O) groups excluding carboxylic acids is 1. The van der Waals surface area contributed by atoms with E-state index in [1.807, 2.05) is 11.0 Å². The van der Waals surface area contributed by atoms with Crippen LogP contribution < -0.4 is 0 Å². The molecule has 1 heterocycles. The van der Waals surface area contributed by atoms with E-state index >= 15 is 0 Å². The molecule has 1 amide bonds. The van der Waals surface area contributed by atoms with E-state index in [2.05, 4.69) is 20.8 Å². The summed E-state index contributed by atoms with van der Waals surface area (Å²) < 4.78 is 0. The summed E-state index contributed by atoms with van der Waals surface area (Å²) in [6.07, 6.45) is 22.9. The van der Waals surface area contributed by atoms with Crippen molar-refractivity contribution in [1.29, 1.82) is 0 Å². The molecule has 152 valence electrons. The van der Waals surface area contributed by atoms with Gasteiger partial charge in [-0.25, -0.2) is 0 Å². The second-order valence-corrected chi connectivity index (χ2v) is 8.61. The number of rotatable bonds is 17. The first-order valence-corrected chi connectivity index (χ1v) is 11.6. The quantitative estimate of drug-likeness (QED) is 0.251. The minimum atomic E-state index is 0.203. The Kier molecular flexibility index (Phi) is 13.7. The van der Waals surface area contributed by atoms with Crippen molar-refractivity contribution in [3.05, 3.63) is 12.2 Å². The zero-order valence-electron chi connectivity index (χ0n) is 18.0. The molecular weight excluding hydrogens is 318 g/mol. The molecule has 1 aliphatic rings. The van der Waals surface area contributed by atoms with E-state index in [-0.39, 0.29) is 5.91 Å². The predicted octanol–water partition coefficient (Wildman–Crippen LogP) is 7.14. The SMILES string of the molecule is CCCCCCCCC(C)C(C)CCCCCCCCN1CC=CC1=O. The average Bonchev–Trinajstić information content (AvgIpc) is 3.04. The monoisotopic (exact) mass is 363 g/mol. The summed E-state index contributed by atoms with van der Waals surface area (Å²) in [4.78, 5) is 13.4. The number of carbonyl (C=O) groups is 1. The number of amides is 1. The van der Waals surface area contributed by atoms with E-state index < -0.39 is 0 Å². The highest BCUT2D eigenvalue weighted by atomic mass is 16.2. The fraction of sp³-hybridized carbons (Fsp3) is 0.875. The molecule has 2 heteroatoms. The minimum Gasteiger partial charge on any atom is -0.335 e. The Hall–Kier alpha value is -0.790. The summed E-state index contributed by atoms with van der Waals surface area (Å²) in [5.74, 6) is 1.99. The Morgan fingerprint density at radius 1 is 0.808 bits per heavy atom. The van der Waals surface area contributed by atoms with Gasteiger partial charge in [0.2, 0.25) is 5.91 Å². The molecule has 2 unspecified atom stereocenters. The Morgan fingerprint density at radius 3 is 1.81 bits per heavy atom. The third-order valence-electron chi connectivity index (χ3n) is 6.22. The number of unbranched alkanes of at least 4 members (excludes halogenated alkanes) is 10. The lowest BCUT2D eigenvalue weighted by molar-refractivity contribution is -0.124. The van der Waals surface area contributed by atoms with Gasteiger partial charge in [-0.05, 0) is 18.3 Å². The Balaban J connectivity index is 1.86. The van der Waals surface area contributed by atoms with Crippen LogP contribution >= 0.6 is 0 Å². The zero-order valence-corrected chi connectivity index (χ0v) is 18.0. The maximum atomic E-state index is 11.5. The molecule has 0 aliphatic carbocycles. The van der Waals surface area contributed by atoms with E-state index in [0.717, 1.165) is 24.9 Å². The van der Waals surface area contributed by atoms with Crippen LogP contribution in [0.25, 0.3) is 0 Å². The number of hydrogen-bond donors (Lipinski definition) is 0. The number of nitrogens with zero attached hydrogens (tertiary/aromatic N) is 1. The van der Waals surface area contributed by atoms with Crippen LogP contribution in [0.1, 0.15) is 111 Å². The summed E-state index contributed by atoms with van der Waals surface area (Å²) in [5, 5.41) is 0. The highest BCUT2D eigenvalue weighted by molar-refractivity contribution is 5.89. The van der Waals surface area contributed by atoms with Crippen LogP contribution in [0.15, 0.2) is 12.2 Å². The van der Waals surface area contributed by atoms with Crippen molar-refractivity contribution >= 4 is 5.91 Å². The van der Waals surface area contributed by atoms with Gasteiger partial charge in [-0.2, -0.15) is 0 Å². The van der Waals surface area contributed by atoms with Crippen molar-refractivity contribution < 1.29 is 4.79 Å². The molecule has 0 saturated carbocycles. The lowest BCUT2D eigenvalue weighted by atomic mass is 9.86. The third-order valence-corrected chi connectivity index (χ3v) is 6.22. The van der Waals surface area contributed by atoms with E-state index in [1.165, 1.54) is 89.9 Å². The van der Waals surface area contributed by atoms with Gasteiger partial charge in [-0.3, -0.25) is 4.79 Å². The summed E-state index contributed by atoms with van der Waals surface area (Å²) in [7, 11) is 0. The van der Waals surface area contributed by atoms with Crippen molar-refractivity contribution in [1.82, 2.24) is 4.90 Å². The van der Waals surface area contributed by atoms with Gasteiger partial charge < -0.3 is 4.90 Å². The van der Waals surface area contributed by atoms with E-state index in [1.54, 1.807) is 6.08 Å². The van der Waals surface area contributed by atoms with Crippen molar-refractivity contribution in [2.75, 3.05) is 13.1 Å². The van der Waals surface area contributed by atoms with Gasteiger partial charge in [-0.15, -0.1) is 0 Å². The molecule has 0 bridgehead atoms. The maximum absolute atomic E-state index is 11.5. The molecule has 0 aromatic rings. The molecular formula is C24H45NO. The molecule has 0 fully saturated rings. The smallest absolute Gasteiger partial charge is 0.246 e. The average molecular weight is 364 g/mol. The second kappa shape index (κ2) is 15.3. The fourth-order valence-corrected chi connectivity index (χ4v) is 3.97. The third kappa shape index (κ3) is 11.0. The van der Waals surface area contributed by atoms with Gasteiger partial charge in [0.05, 0.1) is 0 Å². The fourth-order valence-electron chi connectivity index (χ4n) is 3.97. The van der Waals surface area contributed by atoms with Gasteiger partial charge in [0.15, 0.2) is 0 Å². The molecule has 2 nitrogen and oxygen atoms in total. The standard InChI is InChI=1S/C24H45NO/c1-4-5-6-7-10-13-17-22(2)23(3)18-14-11-8-9-12-15-20-25-21-16-19-24(25)26/h16,19,22-23H,4-15,17-18,20-21H2,1-3H3. The second-order valence-electron chi connectivity index (χ2n) is 8.61. The molecule has 0 radical (unpaired) electrons. The molecule has 26 heavy (non-hydrogen) atoms. The molecule has 0 aromatic heterocycles. The van der Waals surface area contributed by atoms with Crippen molar-refractivity contribution in [2.24, 2.45) is 11.8 Å². The lowest BCUT2D eigenvalue weighted by Gasteiger charge is -2.20. The molecule has 1 rings (SSSR count). The van der Waals surface area contributed by atoms with Crippen molar-refractivity contribution in [3.8, 4) is 0 Å². The normalized spacial score (nSPS) is 16.4. The first-order chi connectivity index (χ1) is 12.6. The van der Waals surface area contributed by atoms with Gasteiger partial charge >= 0.3 is 0 Å². The van der Waals surface area contributed by atoms with Gasteiger partial charge in [0.1, 0.15) is 0 Å². The van der Waals surface area contributed by atoms with Gasteiger partial charge in [-0.1, -0.05) is 110 Å². The summed E-state index contributed by atoms with van der Waals surface area (Å²) in [6, 6.07) is 0. The minimum absolute atomic E-state index is 0.203. The lowest BCUT2D eigenvalue weighted by Crippen LogP contribution is -2.26. The number of hydrogen-bond acceptors (Lipinski definition) is 1. The first-order valence-electron chi connectivity index (χ1n) is 11.6. The first kappa shape index (κ1) is 23.2. The summed E-state index contributed by atoms with van der Waals surface area (Å²) in [6.45, 7) is 8.98. The molecule has 2 atom stereocenters. The maximum Gasteiger partial charge on any atom is 0.246 e.